The summed E-state index contributed by atoms with van der Waals surface area (Å²) in [5.74, 6) is -13.7. The molecule has 5 aromatic rings. The molecule has 1 aromatic heterocycles. The first-order valence-corrected chi connectivity index (χ1v) is 25.3. The number of methoxy groups -OCH3 is 1. The van der Waals surface area contributed by atoms with Gasteiger partial charge in [-0.1, -0.05) is 0 Å². The van der Waals surface area contributed by atoms with Gasteiger partial charge >= 0.3 is 11.9 Å². The topological polar surface area (TPSA) is 191 Å². The van der Waals surface area contributed by atoms with Crippen LogP contribution in [-0.4, -0.2) is 76.3 Å². The smallest absolute Gasteiger partial charge is 0.338 e. The van der Waals surface area contributed by atoms with Crippen molar-refractivity contribution in [1.29, 1.82) is 0 Å². The lowest BCUT2D eigenvalue weighted by Gasteiger charge is -2.26. The quantitative estimate of drug-likeness (QED) is 0.123. The van der Waals surface area contributed by atoms with E-state index in [1.165, 1.54) is 43.3 Å². The Kier molecular flexibility index (Phi) is 13.7. The lowest BCUT2D eigenvalue weighted by molar-refractivity contribution is -0.137. The molecule has 0 amide bonds. The number of benzene rings is 4. The van der Waals surface area contributed by atoms with Gasteiger partial charge in [-0.25, -0.2) is 60.8 Å². The molecular weight excluding hydrogens is 960 g/mol. The highest BCUT2D eigenvalue weighted by Gasteiger charge is 2.46. The molecule has 0 saturated carbocycles. The van der Waals surface area contributed by atoms with Crippen molar-refractivity contribution >= 4 is 52.4 Å². The number of carboxylic acid groups (broad SMARTS) is 1. The average molecular weight is 1000 g/mol. The number of aliphatic hydroxyl groups excluding tert-OH is 1. The molecule has 3 aliphatic rings. The molecule has 12 nitrogen and oxygen atoms in total. The Morgan fingerprint density at radius 3 is 1.54 bits per heavy atom. The highest BCUT2D eigenvalue weighted by Crippen LogP contribution is 2.45. The normalized spacial score (nSPS) is 18.7. The highest BCUT2D eigenvalue weighted by atomic mass is 32.2. The minimum absolute atomic E-state index is 0.0435. The molecule has 2 N–H and O–H groups in total. The first kappa shape index (κ1) is 51.1. The number of sulfone groups is 3. The van der Waals surface area contributed by atoms with Crippen LogP contribution in [0.3, 0.4) is 0 Å². The Morgan fingerprint density at radius 2 is 1.09 bits per heavy atom. The average Bonchev–Trinajstić information content (AvgIpc) is 3.48. The molecule has 0 spiro atoms. The van der Waals surface area contributed by atoms with Gasteiger partial charge in [0.05, 0.1) is 51.2 Å². The maximum Gasteiger partial charge on any atom is 0.338 e. The van der Waals surface area contributed by atoms with E-state index in [4.69, 9.17) is 5.11 Å². The fourth-order valence-corrected chi connectivity index (χ4v) is 13.2. The van der Waals surface area contributed by atoms with Crippen LogP contribution in [0.2, 0.25) is 0 Å². The van der Waals surface area contributed by atoms with Crippen LogP contribution in [0.1, 0.15) is 85.4 Å². The molecule has 0 aliphatic carbocycles. The van der Waals surface area contributed by atoms with Gasteiger partial charge in [-0.05, 0) is 116 Å². The Bertz CT molecular complexity index is 3200. The molecule has 0 saturated heterocycles. The second kappa shape index (κ2) is 18.0. The number of carbonyl (C=O) groups is 2. The summed E-state index contributed by atoms with van der Waals surface area (Å²) in [7, 11) is -9.99. The molecule has 362 valence electrons. The number of hydrogen-bond acceptors (Lipinski definition) is 10. The van der Waals surface area contributed by atoms with Crippen LogP contribution in [0, 0.1) is 33.5 Å². The second-order valence-electron chi connectivity index (χ2n) is 16.6. The van der Waals surface area contributed by atoms with E-state index in [9.17, 15) is 70.7 Å². The van der Waals surface area contributed by atoms with Crippen LogP contribution < -0.4 is 0 Å². The zero-order chi connectivity index (χ0) is 50.0. The van der Waals surface area contributed by atoms with Crippen LogP contribution in [-0.2, 0) is 76.4 Å². The van der Waals surface area contributed by atoms with Gasteiger partial charge in [-0.15, -0.1) is 0 Å². The number of rotatable bonds is 6. The van der Waals surface area contributed by atoms with Crippen LogP contribution in [0.4, 0.5) is 30.7 Å². The van der Waals surface area contributed by atoms with Gasteiger partial charge in [0.1, 0.15) is 12.4 Å². The van der Waals surface area contributed by atoms with Gasteiger partial charge in [0, 0.05) is 59.0 Å². The Morgan fingerprint density at radius 1 is 0.657 bits per heavy atom. The summed E-state index contributed by atoms with van der Waals surface area (Å²) >= 11 is 0. The molecule has 4 aromatic carbocycles. The van der Waals surface area contributed by atoms with Crippen LogP contribution >= 0.6 is 0 Å². The first-order chi connectivity index (χ1) is 30.9. The van der Waals surface area contributed by atoms with E-state index < -0.39 is 123 Å². The van der Waals surface area contributed by atoms with Crippen molar-refractivity contribution in [3.05, 3.63) is 122 Å². The van der Waals surface area contributed by atoms with Crippen molar-refractivity contribution in [1.82, 2.24) is 4.57 Å². The molecule has 4 heterocycles. The number of esters is 1. The third kappa shape index (κ3) is 9.98. The molecule has 0 fully saturated rings. The zero-order valence-electron chi connectivity index (χ0n) is 36.4. The van der Waals surface area contributed by atoms with Gasteiger partial charge in [-0.2, -0.15) is 0 Å². The molecule has 8 rings (SSSR count). The number of ether oxygens (including phenoxy) is 1. The van der Waals surface area contributed by atoms with Gasteiger partial charge < -0.3 is 19.5 Å². The monoisotopic (exact) mass is 1000 g/mol. The van der Waals surface area contributed by atoms with Gasteiger partial charge in [0.25, 0.3) is 17.8 Å². The number of aliphatic carboxylic acids is 1. The Labute approximate surface area is 381 Å². The van der Waals surface area contributed by atoms with Crippen LogP contribution in [0.15, 0.2) is 69.3 Å². The van der Waals surface area contributed by atoms with Crippen molar-refractivity contribution in [2.24, 2.45) is 0 Å². The molecule has 0 bridgehead atoms. The molecule has 0 atom stereocenters. The fraction of sp³-hybridized carbons (Fsp3) is 0.378. The number of carboxylic acids is 1. The maximum absolute atomic E-state index is 14.5. The van der Waals surface area contributed by atoms with Gasteiger partial charge in [-0.3, -0.25) is 4.79 Å². The number of fused-ring (bicyclic) bond motifs is 4. The van der Waals surface area contributed by atoms with Crippen molar-refractivity contribution in [3.63, 3.8) is 0 Å². The molecule has 22 heteroatoms. The number of aryl methyl sites for hydroxylation is 3. The van der Waals surface area contributed by atoms with Crippen molar-refractivity contribution < 1.29 is 80.5 Å². The Hall–Kier alpha value is -5.32. The number of alkyl halides is 6. The number of aromatic nitrogens is 1. The number of halogens is 7. The van der Waals surface area contributed by atoms with Crippen molar-refractivity contribution in [2.45, 2.75) is 99.0 Å². The summed E-state index contributed by atoms with van der Waals surface area (Å²) in [4.78, 5) is 21.7. The molecular formula is C45H44F7NO11S3. The summed E-state index contributed by atoms with van der Waals surface area (Å²) in [5.41, 5.74) is 2.20. The third-order valence-corrected chi connectivity index (χ3v) is 17.3. The van der Waals surface area contributed by atoms with E-state index in [0.717, 1.165) is 25.3 Å². The van der Waals surface area contributed by atoms with E-state index >= 15 is 0 Å². The summed E-state index contributed by atoms with van der Waals surface area (Å²) in [6.07, 6.45) is -2.11. The molecule has 0 unspecified atom stereocenters. The highest BCUT2D eigenvalue weighted by molar-refractivity contribution is 7.92. The van der Waals surface area contributed by atoms with E-state index in [0.29, 0.717) is 50.0 Å². The van der Waals surface area contributed by atoms with E-state index in [1.807, 2.05) is 0 Å². The molecule has 67 heavy (non-hydrogen) atoms. The predicted octanol–water partition coefficient (Wildman–Crippen LogP) is 8.15. The molecule has 0 radical (unpaired) electrons. The third-order valence-electron chi connectivity index (χ3n) is 12.1. The second-order valence-corrected chi connectivity index (χ2v) is 22.8. The summed E-state index contributed by atoms with van der Waals surface area (Å²) in [5, 5.41) is 18.8. The standard InChI is InChI=1S/C22H20F3NO4S.C12H12F2O4S.C11H12F2O3S/c1-12-7-20-18(22(24,25)5-6-31(20,29)30)9-14(12)8-16-13(2)26(11-21(27)28)19-4-3-15(23)10-17(16)19;1-7-5-10-9(6-8(7)11(15)18-2)12(13,14)3-4-19(10,16)17;1-7-4-10-9(5-8(7)6-14)11(12,13)2-3-17(10,15)16/h3-4,7,9-10H,5-6,8,11H2,1-2H3,(H,27,28);5-6H,3-4H2,1-2H3;4-5,14H,2-3,6H2,1H3. The number of nitrogens with zero attached hydrogens (tertiary/aromatic N) is 1. The van der Waals surface area contributed by atoms with Crippen LogP contribution in [0.5, 0.6) is 0 Å². The Balaban J connectivity index is 0.000000177. The fourth-order valence-electron chi connectivity index (χ4n) is 8.25. The molecule has 3 aliphatic heterocycles. The van der Waals surface area contributed by atoms with E-state index in [-0.39, 0.29) is 34.9 Å². The summed E-state index contributed by atoms with van der Waals surface area (Å²) in [6, 6.07) is 10.9. The van der Waals surface area contributed by atoms with Gasteiger partial charge in [0.15, 0.2) is 29.5 Å². The predicted molar refractivity (Wildman–Crippen MR) is 230 cm³/mol. The maximum atomic E-state index is 14.5. The minimum atomic E-state index is -3.78. The summed E-state index contributed by atoms with van der Waals surface area (Å²) < 4.78 is 176. The number of aliphatic hydroxyl groups is 1. The lowest BCUT2D eigenvalue weighted by atomic mass is 9.94. The van der Waals surface area contributed by atoms with E-state index in [2.05, 4.69) is 4.74 Å². The van der Waals surface area contributed by atoms with E-state index in [1.54, 1.807) is 25.3 Å². The minimum Gasteiger partial charge on any atom is -0.480 e. The zero-order valence-corrected chi connectivity index (χ0v) is 38.9. The number of carbonyl (C=O) groups excluding carboxylic acids is 1. The largest absolute Gasteiger partial charge is 0.480 e. The SMILES string of the molecule is COC(=O)c1cc2c(cc1C)S(=O)(=O)CCC2(F)F.Cc1cc2c(cc1CO)C(F)(F)CCS2(=O)=O.Cc1cc2c(cc1Cc1c(C)n(CC(=O)O)c3ccc(F)cc13)C(F)(F)CCS2(=O)=O. The van der Waals surface area contributed by atoms with Crippen LogP contribution in [0.25, 0.3) is 10.9 Å². The number of hydrogen-bond donors (Lipinski definition) is 2. The van der Waals surface area contributed by atoms with Crippen molar-refractivity contribution in [2.75, 3.05) is 24.4 Å². The first-order valence-electron chi connectivity index (χ1n) is 20.3. The van der Waals surface area contributed by atoms with Gasteiger partial charge in [0.2, 0.25) is 0 Å². The van der Waals surface area contributed by atoms with Crippen molar-refractivity contribution in [3.8, 4) is 0 Å². The lowest BCUT2D eigenvalue weighted by Crippen LogP contribution is -2.29. The summed E-state index contributed by atoms with van der Waals surface area (Å²) in [6.45, 7) is 5.71.